The molecule has 0 aromatic carbocycles. The number of hydrogen-bond donors (Lipinski definition) is 1. The molecule has 0 aliphatic carbocycles. The highest BCUT2D eigenvalue weighted by atomic mass is 32.1. The molecule has 0 atom stereocenters. The number of rotatable bonds is 1. The smallest absolute Gasteiger partial charge is 0.335 e. The Kier molecular flexibility index (Phi) is 3.33. The lowest BCUT2D eigenvalue weighted by atomic mass is 9.84. The number of hydrogen-bond acceptors (Lipinski definition) is 4. The Morgan fingerprint density at radius 1 is 1.44 bits per heavy atom. The average molecular weight is 279 g/mol. The van der Waals surface area contributed by atoms with Crippen LogP contribution in [-0.2, 0) is 10.3 Å². The molecule has 1 saturated heterocycles. The topological polar surface area (TPSA) is 59.2 Å². The number of nitrogens with two attached hydrogens (primary N) is 1. The molecular weight excluding hydrogens is 267 g/mol. The summed E-state index contributed by atoms with van der Waals surface area (Å²) in [6, 6.07) is 0. The molecular formula is C10H12F3N3OS. The van der Waals surface area contributed by atoms with Crippen molar-refractivity contribution in [2.24, 2.45) is 5.73 Å². The Labute approximate surface area is 106 Å². The van der Waals surface area contributed by atoms with E-state index in [9.17, 15) is 18.0 Å². The van der Waals surface area contributed by atoms with Gasteiger partial charge in [0.2, 0.25) is 0 Å². The Hall–Kier alpha value is -1.15. The normalized spacial score (nSPS) is 19.9. The molecule has 1 aromatic heterocycles. The van der Waals surface area contributed by atoms with E-state index < -0.39 is 17.6 Å². The number of nitrogens with zero attached hydrogens (tertiary/aromatic N) is 2. The Bertz CT molecular complexity index is 424. The summed E-state index contributed by atoms with van der Waals surface area (Å²) >= 11 is 1.25. The van der Waals surface area contributed by atoms with Crippen molar-refractivity contribution in [2.45, 2.75) is 24.6 Å². The standard InChI is InChI=1S/C10H12F3N3OS/c11-10(12,13)8(17)16-3-1-9(14,2-4-16)7-5-15-18-6-7/h5-6H,1-4,14H2. The van der Waals surface area contributed by atoms with Gasteiger partial charge >= 0.3 is 12.1 Å². The third kappa shape index (κ3) is 2.49. The summed E-state index contributed by atoms with van der Waals surface area (Å²) in [7, 11) is 0. The van der Waals surface area contributed by atoms with Gasteiger partial charge in [0.15, 0.2) is 0 Å². The first-order valence-corrected chi connectivity index (χ1v) is 6.21. The van der Waals surface area contributed by atoms with Crippen LogP contribution in [0.4, 0.5) is 13.2 Å². The molecule has 0 bridgehead atoms. The van der Waals surface area contributed by atoms with Crippen LogP contribution in [0, 0.1) is 0 Å². The summed E-state index contributed by atoms with van der Waals surface area (Å²) in [5.74, 6) is -1.78. The summed E-state index contributed by atoms with van der Waals surface area (Å²) in [6.45, 7) is 0.0371. The van der Waals surface area contributed by atoms with E-state index in [1.807, 2.05) is 0 Å². The maximum atomic E-state index is 12.3. The van der Waals surface area contributed by atoms with Crippen LogP contribution < -0.4 is 5.73 Å². The molecule has 4 nitrogen and oxygen atoms in total. The number of piperidine rings is 1. The highest BCUT2D eigenvalue weighted by Gasteiger charge is 2.45. The molecule has 18 heavy (non-hydrogen) atoms. The third-order valence-electron chi connectivity index (χ3n) is 3.19. The second-order valence-corrected chi connectivity index (χ2v) is 5.02. The van der Waals surface area contributed by atoms with Gasteiger partial charge in [-0.25, -0.2) is 4.37 Å². The van der Waals surface area contributed by atoms with Gasteiger partial charge in [0.05, 0.1) is 0 Å². The number of halogens is 3. The quantitative estimate of drug-likeness (QED) is 0.847. The number of likely N-dealkylation sites (tertiary alicyclic amines) is 1. The highest BCUT2D eigenvalue weighted by molar-refractivity contribution is 7.03. The van der Waals surface area contributed by atoms with E-state index >= 15 is 0 Å². The van der Waals surface area contributed by atoms with Crippen LogP contribution >= 0.6 is 11.5 Å². The number of amides is 1. The van der Waals surface area contributed by atoms with Gasteiger partial charge in [0.1, 0.15) is 0 Å². The predicted octanol–water partition coefficient (Wildman–Crippen LogP) is 1.48. The second-order valence-electron chi connectivity index (χ2n) is 4.36. The molecule has 1 aliphatic rings. The molecule has 2 rings (SSSR count). The van der Waals surface area contributed by atoms with Crippen molar-refractivity contribution in [3.05, 3.63) is 17.1 Å². The maximum absolute atomic E-state index is 12.3. The first kappa shape index (κ1) is 13.3. The number of carbonyl (C=O) groups is 1. The van der Waals surface area contributed by atoms with Gasteiger partial charge in [-0.1, -0.05) is 0 Å². The van der Waals surface area contributed by atoms with Gasteiger partial charge in [0, 0.05) is 35.8 Å². The molecule has 1 amide bonds. The maximum Gasteiger partial charge on any atom is 0.471 e. The highest BCUT2D eigenvalue weighted by Crippen LogP contribution is 2.32. The van der Waals surface area contributed by atoms with Crippen LogP contribution in [-0.4, -0.2) is 34.4 Å². The van der Waals surface area contributed by atoms with Crippen LogP contribution in [0.5, 0.6) is 0 Å². The molecule has 1 aliphatic heterocycles. The summed E-state index contributed by atoms with van der Waals surface area (Å²) < 4.78 is 40.7. The van der Waals surface area contributed by atoms with E-state index in [1.54, 1.807) is 11.6 Å². The van der Waals surface area contributed by atoms with Crippen LogP contribution in [0.1, 0.15) is 18.4 Å². The van der Waals surface area contributed by atoms with E-state index in [-0.39, 0.29) is 13.1 Å². The van der Waals surface area contributed by atoms with Gasteiger partial charge in [-0.3, -0.25) is 4.79 Å². The number of aromatic nitrogens is 1. The van der Waals surface area contributed by atoms with E-state index in [0.29, 0.717) is 12.8 Å². The molecule has 0 spiro atoms. The second kappa shape index (κ2) is 4.51. The fourth-order valence-corrected chi connectivity index (χ4v) is 2.67. The Balaban J connectivity index is 2.02. The van der Waals surface area contributed by atoms with E-state index in [1.165, 1.54) is 11.5 Å². The SMILES string of the molecule is NC1(c2cnsc2)CCN(C(=O)C(F)(F)F)CC1. The molecule has 100 valence electrons. The monoisotopic (exact) mass is 279 g/mol. The zero-order valence-electron chi connectivity index (χ0n) is 9.41. The Morgan fingerprint density at radius 3 is 2.50 bits per heavy atom. The minimum atomic E-state index is -4.81. The average Bonchev–Trinajstić information content (AvgIpc) is 2.82. The first-order chi connectivity index (χ1) is 8.33. The number of carbonyl (C=O) groups excluding carboxylic acids is 1. The van der Waals surface area contributed by atoms with Gasteiger partial charge in [-0.2, -0.15) is 13.2 Å². The largest absolute Gasteiger partial charge is 0.471 e. The molecule has 0 saturated carbocycles. The molecule has 8 heteroatoms. The fraction of sp³-hybridized carbons (Fsp3) is 0.600. The van der Waals surface area contributed by atoms with Gasteiger partial charge in [-0.15, -0.1) is 0 Å². The minimum absolute atomic E-state index is 0.0185. The summed E-state index contributed by atoms with van der Waals surface area (Å²) in [5, 5.41) is 1.79. The van der Waals surface area contributed by atoms with Crippen LogP contribution in [0.15, 0.2) is 11.6 Å². The van der Waals surface area contributed by atoms with E-state index in [0.717, 1.165) is 10.5 Å². The summed E-state index contributed by atoms with van der Waals surface area (Å²) in [5.41, 5.74) is 6.30. The van der Waals surface area contributed by atoms with Gasteiger partial charge in [-0.05, 0) is 24.4 Å². The van der Waals surface area contributed by atoms with Crippen molar-refractivity contribution in [3.63, 3.8) is 0 Å². The lowest BCUT2D eigenvalue weighted by Crippen LogP contribution is -2.52. The zero-order valence-corrected chi connectivity index (χ0v) is 10.2. The summed E-state index contributed by atoms with van der Waals surface area (Å²) in [4.78, 5) is 11.9. The zero-order chi connectivity index (χ0) is 13.4. The third-order valence-corrected chi connectivity index (χ3v) is 3.78. The van der Waals surface area contributed by atoms with Crippen molar-refractivity contribution in [1.29, 1.82) is 0 Å². The van der Waals surface area contributed by atoms with Crippen LogP contribution in [0.3, 0.4) is 0 Å². The summed E-state index contributed by atoms with van der Waals surface area (Å²) in [6.07, 6.45) is -2.55. The van der Waals surface area contributed by atoms with Crippen molar-refractivity contribution in [1.82, 2.24) is 9.27 Å². The lowest BCUT2D eigenvalue weighted by molar-refractivity contribution is -0.186. The molecule has 0 unspecified atom stereocenters. The van der Waals surface area contributed by atoms with Crippen molar-refractivity contribution >= 4 is 17.4 Å². The van der Waals surface area contributed by atoms with Crippen molar-refractivity contribution < 1.29 is 18.0 Å². The van der Waals surface area contributed by atoms with Crippen molar-refractivity contribution in [2.75, 3.05) is 13.1 Å². The Morgan fingerprint density at radius 2 is 2.06 bits per heavy atom. The fourth-order valence-electron chi connectivity index (χ4n) is 2.03. The number of alkyl halides is 3. The predicted molar refractivity (Wildman–Crippen MR) is 59.8 cm³/mol. The molecule has 0 radical (unpaired) electrons. The van der Waals surface area contributed by atoms with E-state index in [4.69, 9.17) is 5.73 Å². The molecule has 2 N–H and O–H groups in total. The minimum Gasteiger partial charge on any atom is -0.335 e. The van der Waals surface area contributed by atoms with Gasteiger partial charge < -0.3 is 10.6 Å². The molecule has 1 aromatic rings. The van der Waals surface area contributed by atoms with E-state index in [2.05, 4.69) is 4.37 Å². The molecule has 2 heterocycles. The van der Waals surface area contributed by atoms with Gasteiger partial charge in [0.25, 0.3) is 0 Å². The first-order valence-electron chi connectivity index (χ1n) is 5.38. The molecule has 1 fully saturated rings. The van der Waals surface area contributed by atoms with Crippen molar-refractivity contribution in [3.8, 4) is 0 Å². The van der Waals surface area contributed by atoms with Crippen LogP contribution in [0.25, 0.3) is 0 Å². The van der Waals surface area contributed by atoms with Crippen LogP contribution in [0.2, 0.25) is 0 Å². The lowest BCUT2D eigenvalue weighted by Gasteiger charge is -2.38.